The minimum absolute atomic E-state index is 0.229. The maximum absolute atomic E-state index is 13.0. The summed E-state index contributed by atoms with van der Waals surface area (Å²) in [4.78, 5) is 41.7. The average Bonchev–Trinajstić information content (AvgIpc) is 3.28. The van der Waals surface area contributed by atoms with Crippen LogP contribution >= 0.6 is 11.3 Å². The third kappa shape index (κ3) is 4.42. The Labute approximate surface area is 169 Å². The number of thiophene rings is 1. The van der Waals surface area contributed by atoms with Crippen molar-refractivity contribution in [2.75, 3.05) is 13.1 Å². The lowest BCUT2D eigenvalue weighted by atomic mass is 9.99. The molecule has 1 aromatic heterocycles. The first kappa shape index (κ1) is 20.1. The second-order valence-corrected chi connectivity index (χ2v) is 8.17. The zero-order valence-corrected chi connectivity index (χ0v) is 17.0. The van der Waals surface area contributed by atoms with Crippen molar-refractivity contribution in [1.82, 2.24) is 15.1 Å². The van der Waals surface area contributed by atoms with Gasteiger partial charge in [-0.2, -0.15) is 0 Å². The number of hydrogen-bond acceptors (Lipinski definition) is 4. The largest absolute Gasteiger partial charge is 0.336 e. The fourth-order valence-electron chi connectivity index (χ4n) is 3.16. The van der Waals surface area contributed by atoms with Gasteiger partial charge in [-0.25, -0.2) is 4.79 Å². The Morgan fingerprint density at radius 3 is 2.54 bits per heavy atom. The molecule has 2 heterocycles. The van der Waals surface area contributed by atoms with E-state index in [1.54, 1.807) is 23.2 Å². The Morgan fingerprint density at radius 2 is 1.93 bits per heavy atom. The molecule has 3 rings (SSSR count). The van der Waals surface area contributed by atoms with Gasteiger partial charge in [0.25, 0.3) is 5.91 Å². The van der Waals surface area contributed by atoms with Crippen molar-refractivity contribution in [2.45, 2.75) is 38.8 Å². The summed E-state index contributed by atoms with van der Waals surface area (Å²) in [5.74, 6) is -0.569. The van der Waals surface area contributed by atoms with Gasteiger partial charge in [0, 0.05) is 11.4 Å². The lowest BCUT2D eigenvalue weighted by molar-refractivity contribution is -0.139. The summed E-state index contributed by atoms with van der Waals surface area (Å²) in [6, 6.07) is 13.4. The molecule has 2 aromatic rings. The van der Waals surface area contributed by atoms with Crippen LogP contribution in [0.5, 0.6) is 0 Å². The summed E-state index contributed by atoms with van der Waals surface area (Å²) in [6.45, 7) is 4.29. The highest BCUT2D eigenvalue weighted by Gasteiger charge is 2.47. The molecule has 148 valence electrons. The summed E-state index contributed by atoms with van der Waals surface area (Å²) in [5, 5.41) is 4.67. The Kier molecular flexibility index (Phi) is 6.14. The van der Waals surface area contributed by atoms with Crippen molar-refractivity contribution in [3.8, 4) is 0 Å². The van der Waals surface area contributed by atoms with E-state index >= 15 is 0 Å². The Balaban J connectivity index is 1.70. The fraction of sp³-hybridized carbons (Fsp3) is 0.381. The highest BCUT2D eigenvalue weighted by atomic mass is 32.1. The van der Waals surface area contributed by atoms with Crippen molar-refractivity contribution >= 4 is 29.2 Å². The number of nitrogens with zero attached hydrogens (tertiary/aromatic N) is 2. The molecule has 1 aromatic carbocycles. The molecule has 7 heteroatoms. The standard InChI is InChI=1S/C21H25N3O3S/c1-3-21(2)19(26)24(20(27)22-21)15-18(25)23(14-17-10-7-13-28-17)12-11-16-8-5-4-6-9-16/h4-10,13H,3,11-12,14-15H2,1-2H3,(H,22,27). The molecule has 1 N–H and O–H groups in total. The van der Waals surface area contributed by atoms with Gasteiger partial charge in [0.15, 0.2) is 0 Å². The SMILES string of the molecule is CCC1(C)NC(=O)N(CC(=O)N(CCc2ccccc2)Cc2cccs2)C1=O. The number of imide groups is 1. The van der Waals surface area contributed by atoms with Gasteiger partial charge in [-0.05, 0) is 36.8 Å². The van der Waals surface area contributed by atoms with E-state index < -0.39 is 11.6 Å². The molecule has 28 heavy (non-hydrogen) atoms. The van der Waals surface area contributed by atoms with Crippen molar-refractivity contribution in [3.63, 3.8) is 0 Å². The molecule has 0 saturated carbocycles. The average molecular weight is 400 g/mol. The number of nitrogens with one attached hydrogen (secondary N) is 1. The zero-order valence-electron chi connectivity index (χ0n) is 16.2. The second-order valence-electron chi connectivity index (χ2n) is 7.14. The third-order valence-corrected chi connectivity index (χ3v) is 6.00. The van der Waals surface area contributed by atoms with E-state index in [-0.39, 0.29) is 18.4 Å². The van der Waals surface area contributed by atoms with E-state index in [0.717, 1.165) is 15.3 Å². The summed E-state index contributed by atoms with van der Waals surface area (Å²) >= 11 is 1.58. The predicted octanol–water partition coefficient (Wildman–Crippen LogP) is 3.04. The molecule has 1 aliphatic heterocycles. The summed E-state index contributed by atoms with van der Waals surface area (Å²) in [6.07, 6.45) is 1.19. The molecule has 1 atom stereocenters. The van der Waals surface area contributed by atoms with Crippen LogP contribution in [0, 0.1) is 0 Å². The lowest BCUT2D eigenvalue weighted by Crippen LogP contribution is -2.45. The van der Waals surface area contributed by atoms with E-state index in [9.17, 15) is 14.4 Å². The number of carbonyl (C=O) groups excluding carboxylic acids is 3. The van der Waals surface area contributed by atoms with E-state index in [2.05, 4.69) is 5.32 Å². The summed E-state index contributed by atoms with van der Waals surface area (Å²) in [5.41, 5.74) is 0.208. The minimum Gasteiger partial charge on any atom is -0.336 e. The highest BCUT2D eigenvalue weighted by Crippen LogP contribution is 2.21. The van der Waals surface area contributed by atoms with Gasteiger partial charge in [-0.3, -0.25) is 14.5 Å². The molecule has 0 aliphatic carbocycles. The molecule has 4 amide bonds. The van der Waals surface area contributed by atoms with Crippen LogP contribution in [-0.4, -0.2) is 46.3 Å². The van der Waals surface area contributed by atoms with Crippen LogP contribution in [0.25, 0.3) is 0 Å². The van der Waals surface area contributed by atoms with Crippen molar-refractivity contribution in [2.24, 2.45) is 0 Å². The molecule has 0 bridgehead atoms. The van der Waals surface area contributed by atoms with E-state index in [1.165, 1.54) is 0 Å². The van der Waals surface area contributed by atoms with Gasteiger partial charge >= 0.3 is 6.03 Å². The second kappa shape index (κ2) is 8.56. The molecule has 1 saturated heterocycles. The van der Waals surface area contributed by atoms with Crippen LogP contribution in [0.15, 0.2) is 47.8 Å². The van der Waals surface area contributed by atoms with E-state index in [0.29, 0.717) is 25.9 Å². The normalized spacial score (nSPS) is 19.0. The fourth-order valence-corrected chi connectivity index (χ4v) is 3.88. The molecule has 1 fully saturated rings. The molecular weight excluding hydrogens is 374 g/mol. The molecule has 1 aliphatic rings. The van der Waals surface area contributed by atoms with Gasteiger partial charge in [0.1, 0.15) is 12.1 Å². The summed E-state index contributed by atoms with van der Waals surface area (Å²) in [7, 11) is 0. The number of urea groups is 1. The van der Waals surface area contributed by atoms with Crippen LogP contribution in [0.2, 0.25) is 0 Å². The number of amides is 4. The van der Waals surface area contributed by atoms with Crippen molar-refractivity contribution in [3.05, 3.63) is 58.3 Å². The topological polar surface area (TPSA) is 69.7 Å². The van der Waals surface area contributed by atoms with E-state index in [4.69, 9.17) is 0 Å². The molecule has 6 nitrogen and oxygen atoms in total. The Hall–Kier alpha value is -2.67. The monoisotopic (exact) mass is 399 g/mol. The zero-order chi connectivity index (χ0) is 20.1. The molecule has 1 unspecified atom stereocenters. The number of benzene rings is 1. The first-order valence-electron chi connectivity index (χ1n) is 9.41. The third-order valence-electron chi connectivity index (χ3n) is 5.14. The van der Waals surface area contributed by atoms with Crippen molar-refractivity contribution in [1.29, 1.82) is 0 Å². The van der Waals surface area contributed by atoms with Gasteiger partial charge in [0.2, 0.25) is 5.91 Å². The lowest BCUT2D eigenvalue weighted by Gasteiger charge is -2.25. The Morgan fingerprint density at radius 1 is 1.18 bits per heavy atom. The van der Waals surface area contributed by atoms with Gasteiger partial charge in [-0.1, -0.05) is 43.3 Å². The van der Waals surface area contributed by atoms with Gasteiger partial charge < -0.3 is 10.2 Å². The van der Waals surface area contributed by atoms with Crippen LogP contribution in [-0.2, 0) is 22.6 Å². The van der Waals surface area contributed by atoms with Gasteiger partial charge in [0.05, 0.1) is 6.54 Å². The maximum atomic E-state index is 13.0. The Bertz CT molecular complexity index is 838. The van der Waals surface area contributed by atoms with Crippen molar-refractivity contribution < 1.29 is 14.4 Å². The van der Waals surface area contributed by atoms with Crippen LogP contribution in [0.4, 0.5) is 4.79 Å². The number of rotatable bonds is 8. The number of hydrogen-bond donors (Lipinski definition) is 1. The summed E-state index contributed by atoms with van der Waals surface area (Å²) < 4.78 is 0. The molecular formula is C21H25N3O3S. The van der Waals surface area contributed by atoms with Crippen LogP contribution in [0.1, 0.15) is 30.7 Å². The van der Waals surface area contributed by atoms with Gasteiger partial charge in [-0.15, -0.1) is 11.3 Å². The number of carbonyl (C=O) groups is 3. The highest BCUT2D eigenvalue weighted by molar-refractivity contribution is 7.09. The molecule has 0 radical (unpaired) electrons. The maximum Gasteiger partial charge on any atom is 0.325 e. The predicted molar refractivity (Wildman–Crippen MR) is 109 cm³/mol. The molecule has 0 spiro atoms. The quantitative estimate of drug-likeness (QED) is 0.694. The van der Waals surface area contributed by atoms with E-state index in [1.807, 2.05) is 54.8 Å². The first-order chi connectivity index (χ1) is 13.4. The smallest absolute Gasteiger partial charge is 0.325 e. The minimum atomic E-state index is -0.931. The first-order valence-corrected chi connectivity index (χ1v) is 10.3. The van der Waals surface area contributed by atoms with Crippen LogP contribution in [0.3, 0.4) is 0 Å². The van der Waals surface area contributed by atoms with Crippen LogP contribution < -0.4 is 5.32 Å².